The van der Waals surface area contributed by atoms with E-state index in [-0.39, 0.29) is 11.3 Å². The lowest BCUT2D eigenvalue weighted by atomic mass is 9.86. The van der Waals surface area contributed by atoms with Crippen molar-refractivity contribution in [2.24, 2.45) is 0 Å². The molecule has 0 unspecified atom stereocenters. The molecule has 1 amide bonds. The Kier molecular flexibility index (Phi) is 6.60. The summed E-state index contributed by atoms with van der Waals surface area (Å²) in [6, 6.07) is 18.2. The average molecular weight is 389 g/mol. The summed E-state index contributed by atoms with van der Waals surface area (Å²) in [5.74, 6) is 0.321. The zero-order chi connectivity index (χ0) is 20.7. The van der Waals surface area contributed by atoms with E-state index in [0.717, 1.165) is 30.6 Å². The van der Waals surface area contributed by atoms with Crippen LogP contribution in [0.3, 0.4) is 0 Å². The molecule has 0 atom stereocenters. The van der Waals surface area contributed by atoms with Crippen LogP contribution in [0.4, 0.5) is 11.6 Å². The van der Waals surface area contributed by atoms with Crippen molar-refractivity contribution in [1.29, 1.82) is 0 Å². The summed E-state index contributed by atoms with van der Waals surface area (Å²) in [6.07, 6.45) is 5.10. The van der Waals surface area contributed by atoms with Crippen molar-refractivity contribution >= 4 is 17.5 Å². The summed E-state index contributed by atoms with van der Waals surface area (Å²) >= 11 is 0. The topological polar surface area (TPSA) is 66.9 Å². The van der Waals surface area contributed by atoms with Gasteiger partial charge in [-0.25, -0.2) is 9.97 Å². The van der Waals surface area contributed by atoms with Gasteiger partial charge in [0.15, 0.2) is 0 Å². The van der Waals surface area contributed by atoms with Crippen LogP contribution in [0, 0.1) is 0 Å². The molecule has 0 saturated heterocycles. The lowest BCUT2D eigenvalue weighted by Gasteiger charge is -2.22. The minimum atomic E-state index is -0.211. The molecule has 3 aromatic rings. The maximum Gasteiger partial charge on any atom is 0.258 e. The predicted octanol–water partition coefficient (Wildman–Crippen LogP) is 5.07. The quantitative estimate of drug-likeness (QED) is 0.555. The minimum absolute atomic E-state index is 0.0616. The van der Waals surface area contributed by atoms with E-state index >= 15 is 0 Å². The summed E-state index contributed by atoms with van der Waals surface area (Å²) < 4.78 is 0. The molecule has 0 aliphatic carbocycles. The van der Waals surface area contributed by atoms with Crippen LogP contribution in [0.1, 0.15) is 48.7 Å². The second-order valence-electron chi connectivity index (χ2n) is 8.06. The third kappa shape index (κ3) is 5.88. The van der Waals surface area contributed by atoms with E-state index in [0.29, 0.717) is 11.5 Å². The zero-order valence-electron chi connectivity index (χ0n) is 17.3. The molecule has 150 valence electrons. The monoisotopic (exact) mass is 388 g/mol. The third-order valence-electron chi connectivity index (χ3n) is 4.67. The summed E-state index contributed by atoms with van der Waals surface area (Å²) in [5, 5.41) is 6.19. The van der Waals surface area contributed by atoms with Crippen LogP contribution in [0.15, 0.2) is 67.0 Å². The first-order chi connectivity index (χ1) is 13.9. The van der Waals surface area contributed by atoms with E-state index in [9.17, 15) is 4.79 Å². The lowest BCUT2D eigenvalue weighted by Crippen LogP contribution is -2.19. The molecule has 0 aliphatic rings. The molecular formula is C24H28N4O. The largest absolute Gasteiger partial charge is 0.354 e. The molecule has 0 radical (unpaired) electrons. The van der Waals surface area contributed by atoms with Gasteiger partial charge in [-0.05, 0) is 35.4 Å². The molecule has 0 spiro atoms. The standard InChI is InChI=1S/C24H28N4O/c1-24(2,3)20-13-7-8-14-21(20)28-22(29)19-16-26-23(27-17-19)25-15-9-12-18-10-5-4-6-11-18/h4-8,10-11,13-14,16-17H,9,12,15H2,1-3H3,(H,28,29)(H,25,26,27). The number of benzene rings is 2. The number of rotatable bonds is 7. The molecule has 1 heterocycles. The van der Waals surface area contributed by atoms with Crippen molar-refractivity contribution in [1.82, 2.24) is 9.97 Å². The van der Waals surface area contributed by atoms with E-state index < -0.39 is 0 Å². The summed E-state index contributed by atoms with van der Waals surface area (Å²) in [5.41, 5.74) is 3.59. The van der Waals surface area contributed by atoms with E-state index in [1.54, 1.807) is 12.4 Å². The third-order valence-corrected chi connectivity index (χ3v) is 4.67. The number of hydrogen-bond donors (Lipinski definition) is 2. The van der Waals surface area contributed by atoms with Crippen molar-refractivity contribution in [3.05, 3.63) is 83.7 Å². The van der Waals surface area contributed by atoms with Crippen LogP contribution in [-0.4, -0.2) is 22.4 Å². The Balaban J connectivity index is 1.54. The Morgan fingerprint density at radius 1 is 0.931 bits per heavy atom. The van der Waals surface area contributed by atoms with E-state index in [1.807, 2.05) is 30.3 Å². The molecule has 0 bridgehead atoms. The van der Waals surface area contributed by atoms with Gasteiger partial charge >= 0.3 is 0 Å². The fourth-order valence-electron chi connectivity index (χ4n) is 3.11. The number of carbonyl (C=O) groups is 1. The lowest BCUT2D eigenvalue weighted by molar-refractivity contribution is 0.102. The van der Waals surface area contributed by atoms with Crippen molar-refractivity contribution < 1.29 is 4.79 Å². The fraction of sp³-hybridized carbons (Fsp3) is 0.292. The number of nitrogens with zero attached hydrogens (tertiary/aromatic N) is 2. The first kappa shape index (κ1) is 20.5. The highest BCUT2D eigenvalue weighted by molar-refractivity contribution is 6.04. The first-order valence-electron chi connectivity index (χ1n) is 9.94. The number of nitrogens with one attached hydrogen (secondary N) is 2. The maximum atomic E-state index is 12.6. The molecular weight excluding hydrogens is 360 g/mol. The van der Waals surface area contributed by atoms with Gasteiger partial charge < -0.3 is 10.6 Å². The Morgan fingerprint density at radius 2 is 1.59 bits per heavy atom. The summed E-state index contributed by atoms with van der Waals surface area (Å²) in [4.78, 5) is 21.2. The van der Waals surface area contributed by atoms with Crippen LogP contribution in [0.2, 0.25) is 0 Å². The normalized spacial score (nSPS) is 11.1. The Bertz CT molecular complexity index is 931. The highest BCUT2D eigenvalue weighted by Gasteiger charge is 2.19. The Morgan fingerprint density at radius 3 is 2.28 bits per heavy atom. The first-order valence-corrected chi connectivity index (χ1v) is 9.94. The number of carbonyl (C=O) groups excluding carboxylic acids is 1. The van der Waals surface area contributed by atoms with Crippen molar-refractivity contribution in [2.75, 3.05) is 17.2 Å². The maximum absolute atomic E-state index is 12.6. The van der Waals surface area contributed by atoms with Crippen LogP contribution < -0.4 is 10.6 Å². The van der Waals surface area contributed by atoms with Crippen molar-refractivity contribution in [2.45, 2.75) is 39.0 Å². The summed E-state index contributed by atoms with van der Waals surface area (Å²) in [7, 11) is 0. The van der Waals surface area contributed by atoms with Crippen LogP contribution >= 0.6 is 0 Å². The van der Waals surface area contributed by atoms with Crippen LogP contribution in [0.25, 0.3) is 0 Å². The van der Waals surface area contributed by atoms with Crippen molar-refractivity contribution in [3.63, 3.8) is 0 Å². The molecule has 0 saturated carbocycles. The van der Waals surface area contributed by atoms with Gasteiger partial charge in [0, 0.05) is 24.6 Å². The molecule has 5 heteroatoms. The SMILES string of the molecule is CC(C)(C)c1ccccc1NC(=O)c1cnc(NCCCc2ccccc2)nc1. The average Bonchev–Trinajstić information content (AvgIpc) is 2.72. The van der Waals surface area contributed by atoms with Gasteiger partial charge in [0.2, 0.25) is 5.95 Å². The number of aryl methyl sites for hydroxylation is 1. The molecule has 1 aromatic heterocycles. The molecule has 3 rings (SSSR count). The molecule has 0 fully saturated rings. The minimum Gasteiger partial charge on any atom is -0.354 e. The van der Waals surface area contributed by atoms with Crippen molar-refractivity contribution in [3.8, 4) is 0 Å². The van der Waals surface area contributed by atoms with Gasteiger partial charge in [0.25, 0.3) is 5.91 Å². The summed E-state index contributed by atoms with van der Waals surface area (Å²) in [6.45, 7) is 7.15. The molecule has 2 aromatic carbocycles. The Labute approximate surface area is 172 Å². The van der Waals surface area contributed by atoms with E-state index in [1.165, 1.54) is 5.56 Å². The fourth-order valence-corrected chi connectivity index (χ4v) is 3.11. The van der Waals surface area contributed by atoms with Gasteiger partial charge in [-0.15, -0.1) is 0 Å². The zero-order valence-corrected chi connectivity index (χ0v) is 17.3. The number of anilines is 2. The number of hydrogen-bond acceptors (Lipinski definition) is 4. The second kappa shape index (κ2) is 9.32. The highest BCUT2D eigenvalue weighted by Crippen LogP contribution is 2.29. The van der Waals surface area contributed by atoms with Crippen LogP contribution in [0.5, 0.6) is 0 Å². The number of amides is 1. The van der Waals surface area contributed by atoms with Gasteiger partial charge in [-0.3, -0.25) is 4.79 Å². The van der Waals surface area contributed by atoms with E-state index in [4.69, 9.17) is 0 Å². The van der Waals surface area contributed by atoms with Gasteiger partial charge in [-0.1, -0.05) is 69.3 Å². The second-order valence-corrected chi connectivity index (χ2v) is 8.06. The highest BCUT2D eigenvalue weighted by atomic mass is 16.1. The van der Waals surface area contributed by atoms with Gasteiger partial charge in [0.1, 0.15) is 0 Å². The van der Waals surface area contributed by atoms with Crippen LogP contribution in [-0.2, 0) is 11.8 Å². The molecule has 0 aliphatic heterocycles. The van der Waals surface area contributed by atoms with E-state index in [2.05, 4.69) is 65.6 Å². The molecule has 5 nitrogen and oxygen atoms in total. The molecule has 29 heavy (non-hydrogen) atoms. The Hall–Kier alpha value is -3.21. The van der Waals surface area contributed by atoms with Gasteiger partial charge in [0.05, 0.1) is 5.56 Å². The predicted molar refractivity (Wildman–Crippen MR) is 118 cm³/mol. The molecule has 2 N–H and O–H groups in total. The number of aromatic nitrogens is 2. The van der Waals surface area contributed by atoms with Gasteiger partial charge in [-0.2, -0.15) is 0 Å². The number of para-hydroxylation sites is 1. The smallest absolute Gasteiger partial charge is 0.258 e.